The Labute approximate surface area is 101 Å². The zero-order valence-electron chi connectivity index (χ0n) is 10.8. The zero-order chi connectivity index (χ0) is 13.0. The van der Waals surface area contributed by atoms with Crippen LogP contribution in [0.3, 0.4) is 0 Å². The highest BCUT2D eigenvalue weighted by Gasteiger charge is 2.17. The number of nitrogen functional groups attached to an aromatic ring is 1. The second kappa shape index (κ2) is 5.61. The molecule has 0 saturated heterocycles. The molecule has 0 atom stereocenters. The summed E-state index contributed by atoms with van der Waals surface area (Å²) >= 11 is 0. The van der Waals surface area contributed by atoms with Crippen molar-refractivity contribution < 1.29 is 9.53 Å². The van der Waals surface area contributed by atoms with Crippen LogP contribution >= 0.6 is 0 Å². The Morgan fingerprint density at radius 1 is 1.41 bits per heavy atom. The molecule has 0 amide bonds. The molecule has 0 radical (unpaired) electrons. The maximum absolute atomic E-state index is 11.5. The first-order valence-corrected chi connectivity index (χ1v) is 5.67. The summed E-state index contributed by atoms with van der Waals surface area (Å²) in [5, 5.41) is 0. The number of methoxy groups -OCH3 is 1. The van der Waals surface area contributed by atoms with Crippen LogP contribution in [0.5, 0.6) is 0 Å². The third kappa shape index (κ3) is 3.41. The van der Waals surface area contributed by atoms with Crippen molar-refractivity contribution in [1.29, 1.82) is 0 Å². The molecule has 0 aliphatic rings. The number of hydrogen-bond acceptors (Lipinski definition) is 5. The van der Waals surface area contributed by atoms with Gasteiger partial charge in [0.2, 0.25) is 0 Å². The van der Waals surface area contributed by atoms with Crippen LogP contribution < -0.4 is 5.73 Å². The second-order valence-corrected chi connectivity index (χ2v) is 4.41. The number of nitrogens with two attached hydrogens (primary N) is 1. The van der Waals surface area contributed by atoms with Crippen molar-refractivity contribution in [2.24, 2.45) is 5.92 Å². The molecule has 1 aromatic heterocycles. The minimum absolute atomic E-state index is 0.197. The van der Waals surface area contributed by atoms with Gasteiger partial charge in [-0.1, -0.05) is 13.8 Å². The Morgan fingerprint density at radius 3 is 2.53 bits per heavy atom. The summed E-state index contributed by atoms with van der Waals surface area (Å²) in [5.74, 6) is 0.972. The second-order valence-electron chi connectivity index (χ2n) is 4.41. The van der Waals surface area contributed by atoms with Crippen LogP contribution in [0.4, 0.5) is 5.82 Å². The summed E-state index contributed by atoms with van der Waals surface area (Å²) in [5.41, 5.74) is 6.59. The minimum atomic E-state index is -0.490. The van der Waals surface area contributed by atoms with Gasteiger partial charge < -0.3 is 10.5 Å². The largest absolute Gasteiger partial charge is 0.465 e. The normalized spacial score (nSPS) is 10.6. The van der Waals surface area contributed by atoms with Gasteiger partial charge in [0.15, 0.2) is 0 Å². The molecular weight excluding hydrogens is 218 g/mol. The van der Waals surface area contributed by atoms with Crippen LogP contribution in [0.15, 0.2) is 0 Å². The average Bonchev–Trinajstić information content (AvgIpc) is 2.25. The highest BCUT2D eigenvalue weighted by Crippen LogP contribution is 2.15. The molecule has 0 spiro atoms. The lowest BCUT2D eigenvalue weighted by Crippen LogP contribution is -2.13. The monoisotopic (exact) mass is 237 g/mol. The van der Waals surface area contributed by atoms with Crippen molar-refractivity contribution in [2.75, 3.05) is 12.8 Å². The van der Waals surface area contributed by atoms with E-state index in [0.717, 1.165) is 12.8 Å². The van der Waals surface area contributed by atoms with Crippen molar-refractivity contribution >= 4 is 11.8 Å². The third-order valence-electron chi connectivity index (χ3n) is 2.50. The van der Waals surface area contributed by atoms with Gasteiger partial charge in [0, 0.05) is 6.42 Å². The molecule has 0 aliphatic carbocycles. The van der Waals surface area contributed by atoms with Gasteiger partial charge in [-0.05, 0) is 19.3 Å². The third-order valence-corrected chi connectivity index (χ3v) is 2.50. The summed E-state index contributed by atoms with van der Waals surface area (Å²) in [6.07, 6.45) is 1.76. The number of nitrogens with zero attached hydrogens (tertiary/aromatic N) is 2. The van der Waals surface area contributed by atoms with Crippen LogP contribution in [0.1, 0.15) is 42.1 Å². The Kier molecular flexibility index (Phi) is 4.43. The zero-order valence-corrected chi connectivity index (χ0v) is 10.8. The summed E-state index contributed by atoms with van der Waals surface area (Å²) in [7, 11) is 1.31. The topological polar surface area (TPSA) is 78.1 Å². The fourth-order valence-corrected chi connectivity index (χ4v) is 1.54. The molecule has 94 valence electrons. The quantitative estimate of drug-likeness (QED) is 0.807. The van der Waals surface area contributed by atoms with E-state index in [2.05, 4.69) is 28.6 Å². The summed E-state index contributed by atoms with van der Waals surface area (Å²) in [4.78, 5) is 19.9. The van der Waals surface area contributed by atoms with Gasteiger partial charge in [0.1, 0.15) is 17.2 Å². The number of anilines is 1. The smallest absolute Gasteiger partial charge is 0.343 e. The highest BCUT2D eigenvalue weighted by molar-refractivity contribution is 5.95. The molecule has 5 nitrogen and oxygen atoms in total. The van der Waals surface area contributed by atoms with E-state index < -0.39 is 5.97 Å². The van der Waals surface area contributed by atoms with Crippen LogP contribution in [0, 0.1) is 12.8 Å². The van der Waals surface area contributed by atoms with Gasteiger partial charge in [-0.2, -0.15) is 0 Å². The number of carbonyl (C=O) groups excluding carboxylic acids is 1. The van der Waals surface area contributed by atoms with Gasteiger partial charge in [-0.25, -0.2) is 14.8 Å². The number of hydrogen-bond donors (Lipinski definition) is 1. The van der Waals surface area contributed by atoms with E-state index in [1.807, 2.05) is 0 Å². The van der Waals surface area contributed by atoms with Crippen LogP contribution in [0.2, 0.25) is 0 Å². The number of aryl methyl sites for hydroxylation is 2. The van der Waals surface area contributed by atoms with Crippen molar-refractivity contribution in [3.8, 4) is 0 Å². The molecule has 0 aliphatic heterocycles. The van der Waals surface area contributed by atoms with Gasteiger partial charge >= 0.3 is 5.97 Å². The van der Waals surface area contributed by atoms with Gasteiger partial charge in [-0.3, -0.25) is 0 Å². The predicted octanol–water partition coefficient (Wildman–Crippen LogP) is 1.74. The molecule has 5 heteroatoms. The molecule has 0 bridgehead atoms. The molecule has 0 fully saturated rings. The Bertz CT molecular complexity index is 393. The molecule has 0 saturated carbocycles. The van der Waals surface area contributed by atoms with Crippen LogP contribution in [-0.4, -0.2) is 23.0 Å². The van der Waals surface area contributed by atoms with E-state index in [1.54, 1.807) is 6.92 Å². The summed E-state index contributed by atoms with van der Waals surface area (Å²) in [6, 6.07) is 0. The Hall–Kier alpha value is -1.65. The van der Waals surface area contributed by atoms with E-state index >= 15 is 0 Å². The number of carbonyl (C=O) groups is 1. The van der Waals surface area contributed by atoms with Crippen molar-refractivity contribution in [2.45, 2.75) is 33.6 Å². The molecule has 0 unspecified atom stereocenters. The van der Waals surface area contributed by atoms with Gasteiger partial charge in [0.05, 0.1) is 12.8 Å². The fraction of sp³-hybridized carbons (Fsp3) is 0.583. The van der Waals surface area contributed by atoms with Crippen molar-refractivity contribution in [3.63, 3.8) is 0 Å². The lowest BCUT2D eigenvalue weighted by atomic mass is 10.1. The standard InChI is InChI=1S/C12H19N3O2/c1-7(2)5-6-9-14-8(3)10(11(13)15-9)12(16)17-4/h7H,5-6H2,1-4H3,(H2,13,14,15). The lowest BCUT2D eigenvalue weighted by molar-refractivity contribution is 0.0600. The van der Waals surface area contributed by atoms with E-state index in [1.165, 1.54) is 7.11 Å². The Morgan fingerprint density at radius 2 is 2.06 bits per heavy atom. The Balaban J connectivity index is 2.97. The van der Waals surface area contributed by atoms with E-state index in [9.17, 15) is 4.79 Å². The molecule has 1 rings (SSSR count). The highest BCUT2D eigenvalue weighted by atomic mass is 16.5. The first-order valence-electron chi connectivity index (χ1n) is 5.67. The molecule has 2 N–H and O–H groups in total. The minimum Gasteiger partial charge on any atom is -0.465 e. The fourth-order valence-electron chi connectivity index (χ4n) is 1.54. The molecule has 1 heterocycles. The van der Waals surface area contributed by atoms with E-state index in [0.29, 0.717) is 17.4 Å². The summed E-state index contributed by atoms with van der Waals surface area (Å²) < 4.78 is 4.64. The maximum atomic E-state index is 11.5. The molecule has 17 heavy (non-hydrogen) atoms. The average molecular weight is 237 g/mol. The number of rotatable bonds is 4. The van der Waals surface area contributed by atoms with Crippen LogP contribution in [0.25, 0.3) is 0 Å². The summed E-state index contributed by atoms with van der Waals surface area (Å²) in [6.45, 7) is 6.02. The SMILES string of the molecule is COC(=O)c1c(C)nc(CCC(C)C)nc1N. The molecule has 0 aromatic carbocycles. The predicted molar refractivity (Wildman–Crippen MR) is 65.7 cm³/mol. The lowest BCUT2D eigenvalue weighted by Gasteiger charge is -2.09. The molecular formula is C12H19N3O2. The molecule has 1 aromatic rings. The van der Waals surface area contributed by atoms with Gasteiger partial charge in [-0.15, -0.1) is 0 Å². The van der Waals surface area contributed by atoms with Crippen molar-refractivity contribution in [1.82, 2.24) is 9.97 Å². The van der Waals surface area contributed by atoms with E-state index in [-0.39, 0.29) is 11.4 Å². The maximum Gasteiger partial charge on any atom is 0.343 e. The first kappa shape index (κ1) is 13.4. The van der Waals surface area contributed by atoms with Crippen molar-refractivity contribution in [3.05, 3.63) is 17.1 Å². The number of aromatic nitrogens is 2. The van der Waals surface area contributed by atoms with Gasteiger partial charge in [0.25, 0.3) is 0 Å². The number of esters is 1. The number of ether oxygens (including phenoxy) is 1. The first-order chi connectivity index (χ1) is 7.95. The van der Waals surface area contributed by atoms with Crippen LogP contribution in [-0.2, 0) is 11.2 Å². The van der Waals surface area contributed by atoms with E-state index in [4.69, 9.17) is 5.73 Å².